The van der Waals surface area contributed by atoms with Crippen molar-refractivity contribution in [3.63, 3.8) is 0 Å². The second-order valence-electron chi connectivity index (χ2n) is 6.29. The Labute approximate surface area is 125 Å². The number of aliphatic hydroxyl groups is 1. The van der Waals surface area contributed by atoms with Gasteiger partial charge < -0.3 is 9.84 Å². The predicted octanol–water partition coefficient (Wildman–Crippen LogP) is 4.34. The Kier molecular flexibility index (Phi) is 9.49. The molecule has 0 amide bonds. The molecule has 1 aliphatic carbocycles. The lowest BCUT2D eigenvalue weighted by Crippen LogP contribution is -2.41. The Bertz CT molecular complexity index is 227. The van der Waals surface area contributed by atoms with E-state index in [-0.39, 0.29) is 5.60 Å². The van der Waals surface area contributed by atoms with Gasteiger partial charge in [0.05, 0.1) is 5.60 Å². The number of ether oxygens (including phenoxy) is 1. The lowest BCUT2D eigenvalue weighted by molar-refractivity contribution is -0.199. The smallest absolute Gasteiger partial charge is 0.214 e. The number of unbranched alkanes of at least 4 members (excludes halogenated alkanes) is 6. The third-order valence-electron chi connectivity index (χ3n) is 4.62. The van der Waals surface area contributed by atoms with Crippen molar-refractivity contribution in [1.82, 2.24) is 5.32 Å². The maximum Gasteiger partial charge on any atom is 0.214 e. The average molecular weight is 285 g/mol. The minimum absolute atomic E-state index is 0.0629. The Hall–Kier alpha value is -0.120. The SMILES string of the molecule is CCCCCCCCCNC(O)OC1(CC)CCCC1. The summed E-state index contributed by atoms with van der Waals surface area (Å²) in [4.78, 5) is 0. The number of rotatable bonds is 12. The zero-order chi connectivity index (χ0) is 14.7. The maximum absolute atomic E-state index is 9.95. The van der Waals surface area contributed by atoms with Crippen LogP contribution in [0.2, 0.25) is 0 Å². The predicted molar refractivity (Wildman–Crippen MR) is 84.6 cm³/mol. The van der Waals surface area contributed by atoms with Gasteiger partial charge in [0.15, 0.2) is 0 Å². The molecule has 1 rings (SSSR count). The summed E-state index contributed by atoms with van der Waals surface area (Å²) in [7, 11) is 0. The van der Waals surface area contributed by atoms with Gasteiger partial charge in [0.2, 0.25) is 6.41 Å². The molecule has 0 bridgehead atoms. The minimum atomic E-state index is -0.784. The molecule has 20 heavy (non-hydrogen) atoms. The molecular weight excluding hydrogens is 250 g/mol. The Balaban J connectivity index is 1.98. The highest BCUT2D eigenvalue weighted by atomic mass is 16.6. The molecule has 1 unspecified atom stereocenters. The van der Waals surface area contributed by atoms with Gasteiger partial charge in [-0.2, -0.15) is 0 Å². The van der Waals surface area contributed by atoms with Gasteiger partial charge >= 0.3 is 0 Å². The van der Waals surface area contributed by atoms with Crippen LogP contribution in [-0.2, 0) is 4.74 Å². The summed E-state index contributed by atoms with van der Waals surface area (Å²) in [5.74, 6) is 0. The largest absolute Gasteiger partial charge is 0.356 e. The molecular formula is C17H35NO2. The zero-order valence-corrected chi connectivity index (χ0v) is 13.6. The summed E-state index contributed by atoms with van der Waals surface area (Å²) in [6, 6.07) is 0. The van der Waals surface area contributed by atoms with Crippen molar-refractivity contribution in [3.05, 3.63) is 0 Å². The molecule has 0 spiro atoms. The van der Waals surface area contributed by atoms with Gasteiger partial charge in [0.25, 0.3) is 0 Å². The molecule has 1 fully saturated rings. The van der Waals surface area contributed by atoms with Gasteiger partial charge in [-0.3, -0.25) is 5.32 Å². The third-order valence-corrected chi connectivity index (χ3v) is 4.62. The van der Waals surface area contributed by atoms with E-state index in [0.717, 1.165) is 32.2 Å². The van der Waals surface area contributed by atoms with Crippen molar-refractivity contribution in [2.75, 3.05) is 6.54 Å². The summed E-state index contributed by atoms with van der Waals surface area (Å²) in [5, 5.41) is 13.0. The van der Waals surface area contributed by atoms with Crippen LogP contribution in [0.3, 0.4) is 0 Å². The van der Waals surface area contributed by atoms with Crippen molar-refractivity contribution >= 4 is 0 Å². The molecule has 0 aromatic carbocycles. The van der Waals surface area contributed by atoms with Crippen molar-refractivity contribution < 1.29 is 9.84 Å². The molecule has 3 nitrogen and oxygen atoms in total. The van der Waals surface area contributed by atoms with Gasteiger partial charge in [-0.1, -0.05) is 65.2 Å². The fraction of sp³-hybridized carbons (Fsp3) is 1.00. The lowest BCUT2D eigenvalue weighted by atomic mass is 9.99. The van der Waals surface area contributed by atoms with E-state index in [0.29, 0.717) is 0 Å². The van der Waals surface area contributed by atoms with Crippen LogP contribution in [0.4, 0.5) is 0 Å². The van der Waals surface area contributed by atoms with Gasteiger partial charge in [0.1, 0.15) is 0 Å². The topological polar surface area (TPSA) is 41.5 Å². The number of hydrogen-bond donors (Lipinski definition) is 2. The number of hydrogen-bond acceptors (Lipinski definition) is 3. The van der Waals surface area contributed by atoms with E-state index in [1.54, 1.807) is 0 Å². The Morgan fingerprint density at radius 3 is 2.20 bits per heavy atom. The van der Waals surface area contributed by atoms with Crippen LogP contribution >= 0.6 is 0 Å². The number of nitrogens with one attached hydrogen (secondary N) is 1. The highest BCUT2D eigenvalue weighted by Gasteiger charge is 2.34. The third kappa shape index (κ3) is 7.05. The second-order valence-corrected chi connectivity index (χ2v) is 6.29. The molecule has 0 saturated heterocycles. The first-order valence-electron chi connectivity index (χ1n) is 8.82. The molecule has 1 atom stereocenters. The molecule has 0 aromatic rings. The first-order chi connectivity index (χ1) is 9.72. The summed E-state index contributed by atoms with van der Waals surface area (Å²) in [5.41, 5.74) is -0.0629. The van der Waals surface area contributed by atoms with Crippen LogP contribution in [-0.4, -0.2) is 23.7 Å². The van der Waals surface area contributed by atoms with Crippen LogP contribution in [0, 0.1) is 0 Å². The van der Waals surface area contributed by atoms with Gasteiger partial charge in [0, 0.05) is 0 Å². The normalized spacial score (nSPS) is 19.4. The lowest BCUT2D eigenvalue weighted by Gasteiger charge is -2.31. The summed E-state index contributed by atoms with van der Waals surface area (Å²) < 4.78 is 5.85. The molecule has 0 radical (unpaired) electrons. The standard InChI is InChI=1S/C17H35NO2/c1-3-5-6-7-8-9-12-15-18-16(19)20-17(4-2)13-10-11-14-17/h16,18-19H,3-15H2,1-2H3. The molecule has 0 aliphatic heterocycles. The Morgan fingerprint density at radius 1 is 1.00 bits per heavy atom. The van der Waals surface area contributed by atoms with E-state index in [4.69, 9.17) is 4.74 Å². The zero-order valence-electron chi connectivity index (χ0n) is 13.6. The highest BCUT2D eigenvalue weighted by molar-refractivity contribution is 4.85. The molecule has 0 heterocycles. The van der Waals surface area contributed by atoms with Crippen LogP contribution in [0.25, 0.3) is 0 Å². The van der Waals surface area contributed by atoms with E-state index in [1.165, 1.54) is 51.4 Å². The van der Waals surface area contributed by atoms with Crippen LogP contribution in [0.15, 0.2) is 0 Å². The summed E-state index contributed by atoms with van der Waals surface area (Å²) in [6.45, 7) is 5.27. The first kappa shape index (κ1) is 17.9. The molecule has 1 aliphatic rings. The average Bonchev–Trinajstić information content (AvgIpc) is 2.91. The quantitative estimate of drug-likeness (QED) is 0.414. The first-order valence-corrected chi connectivity index (χ1v) is 8.82. The van der Waals surface area contributed by atoms with Gasteiger partial charge in [-0.25, -0.2) is 0 Å². The summed E-state index contributed by atoms with van der Waals surface area (Å²) in [6.07, 6.45) is 14.0. The minimum Gasteiger partial charge on any atom is -0.356 e. The van der Waals surface area contributed by atoms with Gasteiger partial charge in [-0.05, 0) is 32.2 Å². The second kappa shape index (κ2) is 10.6. The van der Waals surface area contributed by atoms with Crippen molar-refractivity contribution in [3.8, 4) is 0 Å². The molecule has 2 N–H and O–H groups in total. The fourth-order valence-electron chi connectivity index (χ4n) is 3.16. The van der Waals surface area contributed by atoms with E-state index < -0.39 is 6.41 Å². The van der Waals surface area contributed by atoms with E-state index in [2.05, 4.69) is 19.2 Å². The highest BCUT2D eigenvalue weighted by Crippen LogP contribution is 2.36. The molecule has 1 saturated carbocycles. The van der Waals surface area contributed by atoms with Gasteiger partial charge in [-0.15, -0.1) is 0 Å². The monoisotopic (exact) mass is 285 g/mol. The van der Waals surface area contributed by atoms with Crippen molar-refractivity contribution in [1.29, 1.82) is 0 Å². The van der Waals surface area contributed by atoms with Crippen LogP contribution < -0.4 is 5.32 Å². The van der Waals surface area contributed by atoms with E-state index in [1.807, 2.05) is 0 Å². The summed E-state index contributed by atoms with van der Waals surface area (Å²) >= 11 is 0. The van der Waals surface area contributed by atoms with Crippen LogP contribution in [0.5, 0.6) is 0 Å². The maximum atomic E-state index is 9.95. The molecule has 3 heteroatoms. The fourth-order valence-corrected chi connectivity index (χ4v) is 3.16. The molecule has 0 aromatic heterocycles. The van der Waals surface area contributed by atoms with Crippen molar-refractivity contribution in [2.45, 2.75) is 103 Å². The van der Waals surface area contributed by atoms with E-state index in [9.17, 15) is 5.11 Å². The Morgan fingerprint density at radius 2 is 1.60 bits per heavy atom. The van der Waals surface area contributed by atoms with Crippen molar-refractivity contribution in [2.24, 2.45) is 0 Å². The number of aliphatic hydroxyl groups excluding tert-OH is 1. The van der Waals surface area contributed by atoms with E-state index >= 15 is 0 Å². The molecule has 120 valence electrons. The van der Waals surface area contributed by atoms with Crippen LogP contribution in [0.1, 0.15) is 90.9 Å².